The van der Waals surface area contributed by atoms with E-state index in [4.69, 9.17) is 5.73 Å². The molecule has 2 heterocycles. The van der Waals surface area contributed by atoms with Crippen LogP contribution < -0.4 is 5.73 Å². The van der Waals surface area contributed by atoms with Crippen molar-refractivity contribution < 1.29 is 8.42 Å². The summed E-state index contributed by atoms with van der Waals surface area (Å²) in [6.07, 6.45) is 2.71. The molecule has 6 nitrogen and oxygen atoms in total. The molecule has 0 aliphatic carbocycles. The molecule has 0 radical (unpaired) electrons. The lowest BCUT2D eigenvalue weighted by Gasteiger charge is -2.16. The minimum Gasteiger partial charge on any atom is -0.398 e. The Morgan fingerprint density at radius 2 is 2.21 bits per heavy atom. The molecule has 19 heavy (non-hydrogen) atoms. The summed E-state index contributed by atoms with van der Waals surface area (Å²) in [7, 11) is -2.15. The molecule has 0 saturated heterocycles. The van der Waals surface area contributed by atoms with Crippen LogP contribution in [0.5, 0.6) is 0 Å². The Morgan fingerprint density at radius 3 is 2.79 bits per heavy atom. The molecular formula is C11H14N4O2S2. The van der Waals surface area contributed by atoms with Gasteiger partial charge in [0.05, 0.1) is 22.9 Å². The van der Waals surface area contributed by atoms with Gasteiger partial charge < -0.3 is 5.73 Å². The highest BCUT2D eigenvalue weighted by Gasteiger charge is 2.24. The van der Waals surface area contributed by atoms with Crippen LogP contribution in [0.25, 0.3) is 0 Å². The Labute approximate surface area is 116 Å². The predicted octanol–water partition coefficient (Wildman–Crippen LogP) is 1.25. The third-order valence-corrected chi connectivity index (χ3v) is 5.22. The van der Waals surface area contributed by atoms with Crippen LogP contribution >= 0.6 is 11.3 Å². The number of hydrogen-bond acceptors (Lipinski definition) is 6. The van der Waals surface area contributed by atoms with Crippen molar-refractivity contribution in [3.63, 3.8) is 0 Å². The highest BCUT2D eigenvalue weighted by atomic mass is 32.2. The number of rotatable bonds is 4. The summed E-state index contributed by atoms with van der Waals surface area (Å²) < 4.78 is 25.9. The molecule has 0 spiro atoms. The van der Waals surface area contributed by atoms with E-state index in [0.29, 0.717) is 0 Å². The molecule has 0 bridgehead atoms. The number of nitrogens with two attached hydrogens (primary N) is 1. The second-order valence-electron chi connectivity index (χ2n) is 4.03. The van der Waals surface area contributed by atoms with E-state index >= 15 is 0 Å². The first-order valence-corrected chi connectivity index (χ1v) is 7.80. The molecule has 0 saturated carbocycles. The van der Waals surface area contributed by atoms with E-state index in [1.165, 1.54) is 41.1 Å². The van der Waals surface area contributed by atoms with Gasteiger partial charge in [0, 0.05) is 24.8 Å². The first-order valence-electron chi connectivity index (χ1n) is 5.48. The fourth-order valence-electron chi connectivity index (χ4n) is 1.57. The molecule has 0 aliphatic heterocycles. The van der Waals surface area contributed by atoms with Crippen molar-refractivity contribution in [1.82, 2.24) is 14.3 Å². The highest BCUT2D eigenvalue weighted by molar-refractivity contribution is 7.89. The fourth-order valence-corrected chi connectivity index (χ4v) is 3.37. The van der Waals surface area contributed by atoms with Crippen LogP contribution in [0.2, 0.25) is 0 Å². The summed E-state index contributed by atoms with van der Waals surface area (Å²) in [5.74, 6) is 0. The van der Waals surface area contributed by atoms with Gasteiger partial charge in [0.2, 0.25) is 10.0 Å². The maximum absolute atomic E-state index is 12.3. The Morgan fingerprint density at radius 1 is 1.47 bits per heavy atom. The molecule has 0 unspecified atom stereocenters. The molecule has 0 aromatic carbocycles. The Kier molecular flexibility index (Phi) is 3.83. The predicted molar refractivity (Wildman–Crippen MR) is 74.2 cm³/mol. The van der Waals surface area contributed by atoms with Crippen LogP contribution in [-0.4, -0.2) is 29.7 Å². The largest absolute Gasteiger partial charge is 0.398 e. The minimum absolute atomic E-state index is 0.0180. The third kappa shape index (κ3) is 2.91. The summed E-state index contributed by atoms with van der Waals surface area (Å²) in [5.41, 5.74) is 6.59. The fraction of sp³-hybridized carbons (Fsp3) is 0.273. The molecule has 8 heteroatoms. The van der Waals surface area contributed by atoms with E-state index in [9.17, 15) is 8.42 Å². The van der Waals surface area contributed by atoms with Gasteiger partial charge in [-0.25, -0.2) is 13.4 Å². The van der Waals surface area contributed by atoms with Crippen LogP contribution in [0.15, 0.2) is 28.7 Å². The normalized spacial score (nSPS) is 11.9. The smallest absolute Gasteiger partial charge is 0.246 e. The van der Waals surface area contributed by atoms with Gasteiger partial charge in [0.15, 0.2) is 0 Å². The quantitative estimate of drug-likeness (QED) is 0.917. The molecule has 2 aromatic heterocycles. The van der Waals surface area contributed by atoms with E-state index in [0.717, 1.165) is 10.7 Å². The number of hydrogen-bond donors (Lipinski definition) is 1. The van der Waals surface area contributed by atoms with Crippen molar-refractivity contribution in [2.75, 3.05) is 12.8 Å². The monoisotopic (exact) mass is 298 g/mol. The van der Waals surface area contributed by atoms with Gasteiger partial charge in [-0.3, -0.25) is 4.98 Å². The van der Waals surface area contributed by atoms with E-state index in [2.05, 4.69) is 9.97 Å². The van der Waals surface area contributed by atoms with Gasteiger partial charge in [0.25, 0.3) is 0 Å². The molecule has 2 N–H and O–H groups in total. The van der Waals surface area contributed by atoms with Crippen molar-refractivity contribution in [3.05, 3.63) is 34.5 Å². The third-order valence-electron chi connectivity index (χ3n) is 2.56. The second kappa shape index (κ2) is 5.24. The molecule has 0 amide bonds. The molecule has 102 valence electrons. The molecule has 0 aliphatic rings. The van der Waals surface area contributed by atoms with Gasteiger partial charge in [-0.05, 0) is 13.0 Å². The highest BCUT2D eigenvalue weighted by Crippen LogP contribution is 2.21. The summed E-state index contributed by atoms with van der Waals surface area (Å²) in [4.78, 5) is 8.07. The van der Waals surface area contributed by atoms with Crippen LogP contribution in [0, 0.1) is 6.92 Å². The van der Waals surface area contributed by atoms with E-state index in [-0.39, 0.29) is 17.1 Å². The van der Waals surface area contributed by atoms with Gasteiger partial charge in [-0.2, -0.15) is 4.31 Å². The number of nitrogen functional groups attached to an aromatic ring is 1. The Bertz CT molecular complexity index is 682. The van der Waals surface area contributed by atoms with Gasteiger partial charge in [-0.1, -0.05) is 0 Å². The molecular weight excluding hydrogens is 284 g/mol. The van der Waals surface area contributed by atoms with Crippen LogP contribution in [0.3, 0.4) is 0 Å². The van der Waals surface area contributed by atoms with Crippen molar-refractivity contribution in [2.24, 2.45) is 0 Å². The van der Waals surface area contributed by atoms with Crippen molar-refractivity contribution in [2.45, 2.75) is 18.4 Å². The number of pyridine rings is 1. The minimum atomic E-state index is -3.65. The number of nitrogens with zero attached hydrogens (tertiary/aromatic N) is 3. The zero-order valence-corrected chi connectivity index (χ0v) is 12.2. The van der Waals surface area contributed by atoms with Crippen LogP contribution in [0.1, 0.15) is 10.7 Å². The molecule has 2 rings (SSSR count). The molecule has 2 aromatic rings. The Balaban J connectivity index is 2.27. The average Bonchev–Trinajstić information content (AvgIpc) is 2.75. The van der Waals surface area contributed by atoms with Gasteiger partial charge in [-0.15, -0.1) is 11.3 Å². The topological polar surface area (TPSA) is 89.2 Å². The van der Waals surface area contributed by atoms with E-state index in [1.807, 2.05) is 12.3 Å². The lowest BCUT2D eigenvalue weighted by molar-refractivity contribution is 0.463. The maximum atomic E-state index is 12.3. The number of aromatic nitrogens is 2. The van der Waals surface area contributed by atoms with E-state index < -0.39 is 10.0 Å². The molecule has 0 fully saturated rings. The second-order valence-corrected chi connectivity index (χ2v) is 7.11. The van der Waals surface area contributed by atoms with Crippen molar-refractivity contribution in [1.29, 1.82) is 0 Å². The van der Waals surface area contributed by atoms with Crippen LogP contribution in [-0.2, 0) is 16.6 Å². The summed E-state index contributed by atoms with van der Waals surface area (Å²) in [6.45, 7) is 2.09. The number of anilines is 1. The first kappa shape index (κ1) is 13.9. The van der Waals surface area contributed by atoms with E-state index in [1.54, 1.807) is 0 Å². The molecule has 0 atom stereocenters. The van der Waals surface area contributed by atoms with Crippen LogP contribution in [0.4, 0.5) is 5.69 Å². The summed E-state index contributed by atoms with van der Waals surface area (Å²) >= 11 is 1.49. The number of thiazole rings is 1. The first-order chi connectivity index (χ1) is 8.91. The summed E-state index contributed by atoms with van der Waals surface area (Å²) in [5, 5.41) is 2.75. The zero-order chi connectivity index (χ0) is 14.0. The number of sulfonamides is 1. The van der Waals surface area contributed by atoms with Crippen molar-refractivity contribution >= 4 is 27.0 Å². The van der Waals surface area contributed by atoms with Gasteiger partial charge in [0.1, 0.15) is 4.90 Å². The van der Waals surface area contributed by atoms with Crippen molar-refractivity contribution in [3.8, 4) is 0 Å². The Hall–Kier alpha value is -1.51. The SMILES string of the molecule is Cc1nc(CN(C)S(=O)(=O)c2cnccc2N)cs1. The summed E-state index contributed by atoms with van der Waals surface area (Å²) in [6, 6.07) is 1.47. The maximum Gasteiger partial charge on any atom is 0.246 e. The van der Waals surface area contributed by atoms with Gasteiger partial charge >= 0.3 is 0 Å². The average molecular weight is 298 g/mol. The zero-order valence-electron chi connectivity index (χ0n) is 10.6. The number of aryl methyl sites for hydroxylation is 1. The lowest BCUT2D eigenvalue weighted by Crippen LogP contribution is -2.27. The standard InChI is InChI=1S/C11H14N4O2S2/c1-8-14-9(7-18-8)6-15(2)19(16,17)11-5-13-4-3-10(11)12/h3-5,7H,6H2,1-2H3,(H2,12,13). The lowest BCUT2D eigenvalue weighted by atomic mass is 10.4.